The van der Waals surface area contributed by atoms with Gasteiger partial charge in [-0.15, -0.1) is 0 Å². The van der Waals surface area contributed by atoms with Crippen LogP contribution < -0.4 is 4.72 Å². The second-order valence-electron chi connectivity index (χ2n) is 4.27. The minimum absolute atomic E-state index is 0.0925. The summed E-state index contributed by atoms with van der Waals surface area (Å²) in [7, 11) is -3.57. The molecule has 4 nitrogen and oxygen atoms in total. The number of benzene rings is 1. The van der Waals surface area contributed by atoms with Crippen molar-refractivity contribution in [3.8, 4) is 6.07 Å². The Morgan fingerprint density at radius 1 is 1.47 bits per heavy atom. The van der Waals surface area contributed by atoms with Crippen LogP contribution in [0.1, 0.15) is 24.5 Å². The van der Waals surface area contributed by atoms with E-state index in [0.29, 0.717) is 11.1 Å². The number of rotatable bonds is 6. The molecule has 0 heterocycles. The minimum Gasteiger partial charge on any atom is -0.207 e. The Balaban J connectivity index is 3.10. The zero-order chi connectivity index (χ0) is 14.5. The molecule has 1 rings (SSSR count). The quantitative estimate of drug-likeness (QED) is 0.874. The SMILES string of the molecule is CCC(CSC)NS(=O)(=O)c1cc(C#N)ccc1C. The number of thioether (sulfide) groups is 1. The average Bonchev–Trinajstić information content (AvgIpc) is 2.38. The van der Waals surface area contributed by atoms with Crippen molar-refractivity contribution >= 4 is 21.8 Å². The zero-order valence-corrected chi connectivity index (χ0v) is 12.9. The zero-order valence-electron chi connectivity index (χ0n) is 11.3. The number of hydrogen-bond donors (Lipinski definition) is 1. The summed E-state index contributed by atoms with van der Waals surface area (Å²) in [6.45, 7) is 3.67. The monoisotopic (exact) mass is 298 g/mol. The van der Waals surface area contributed by atoms with Crippen molar-refractivity contribution < 1.29 is 8.42 Å². The number of sulfonamides is 1. The van der Waals surface area contributed by atoms with E-state index in [-0.39, 0.29) is 10.9 Å². The van der Waals surface area contributed by atoms with Crippen LogP contribution in [0.5, 0.6) is 0 Å². The highest BCUT2D eigenvalue weighted by molar-refractivity contribution is 7.98. The fraction of sp³-hybridized carbons (Fsp3) is 0.462. The molecule has 0 fully saturated rings. The molecular formula is C13H18N2O2S2. The molecule has 0 aromatic heterocycles. The Hall–Kier alpha value is -1.03. The first kappa shape index (κ1) is 16.0. The summed E-state index contributed by atoms with van der Waals surface area (Å²) in [5.41, 5.74) is 0.995. The van der Waals surface area contributed by atoms with Crippen LogP contribution in [0.25, 0.3) is 0 Å². The lowest BCUT2D eigenvalue weighted by molar-refractivity contribution is 0.557. The highest BCUT2D eigenvalue weighted by atomic mass is 32.2. The normalized spacial score (nSPS) is 12.9. The van der Waals surface area contributed by atoms with Crippen molar-refractivity contribution in [3.63, 3.8) is 0 Å². The van der Waals surface area contributed by atoms with Crippen LogP contribution in [0, 0.1) is 18.3 Å². The summed E-state index contributed by atoms with van der Waals surface area (Å²) < 4.78 is 27.4. The van der Waals surface area contributed by atoms with Crippen LogP contribution in [0.15, 0.2) is 23.1 Å². The highest BCUT2D eigenvalue weighted by Gasteiger charge is 2.21. The van der Waals surface area contributed by atoms with Gasteiger partial charge in [0.2, 0.25) is 10.0 Å². The van der Waals surface area contributed by atoms with Crippen LogP contribution in [-0.4, -0.2) is 26.5 Å². The van der Waals surface area contributed by atoms with E-state index in [9.17, 15) is 8.42 Å². The van der Waals surface area contributed by atoms with Crippen molar-refractivity contribution in [2.45, 2.75) is 31.2 Å². The Kier molecular flexibility index (Phi) is 5.85. The van der Waals surface area contributed by atoms with E-state index < -0.39 is 10.0 Å². The first-order valence-electron chi connectivity index (χ1n) is 5.96. The Bertz CT molecular complexity index is 577. The predicted octanol–water partition coefficient (Wildman–Crippen LogP) is 2.29. The number of hydrogen-bond acceptors (Lipinski definition) is 4. The van der Waals surface area contributed by atoms with Gasteiger partial charge < -0.3 is 0 Å². The Labute approximate surface area is 119 Å². The molecule has 0 spiro atoms. The molecular weight excluding hydrogens is 280 g/mol. The third-order valence-corrected chi connectivity index (χ3v) is 5.19. The molecule has 0 aliphatic heterocycles. The molecule has 1 unspecified atom stereocenters. The molecule has 0 aliphatic carbocycles. The van der Waals surface area contributed by atoms with Gasteiger partial charge in [0, 0.05) is 11.8 Å². The lowest BCUT2D eigenvalue weighted by atomic mass is 10.2. The maximum Gasteiger partial charge on any atom is 0.241 e. The summed E-state index contributed by atoms with van der Waals surface area (Å²) in [5, 5.41) is 8.86. The van der Waals surface area contributed by atoms with E-state index in [1.807, 2.05) is 19.2 Å². The summed E-state index contributed by atoms with van der Waals surface area (Å²) in [4.78, 5) is 0.186. The number of nitriles is 1. The van der Waals surface area contributed by atoms with Crippen LogP contribution in [0.2, 0.25) is 0 Å². The molecule has 0 saturated heterocycles. The van der Waals surface area contributed by atoms with Crippen LogP contribution in [-0.2, 0) is 10.0 Å². The molecule has 0 saturated carbocycles. The molecule has 104 valence electrons. The van der Waals surface area contributed by atoms with E-state index in [1.54, 1.807) is 30.8 Å². The van der Waals surface area contributed by atoms with Crippen molar-refractivity contribution in [1.82, 2.24) is 4.72 Å². The van der Waals surface area contributed by atoms with Gasteiger partial charge in [0.25, 0.3) is 0 Å². The van der Waals surface area contributed by atoms with Gasteiger partial charge in [0.05, 0.1) is 16.5 Å². The third-order valence-electron chi connectivity index (χ3n) is 2.79. The van der Waals surface area contributed by atoms with Gasteiger partial charge in [-0.05, 0) is 37.3 Å². The van der Waals surface area contributed by atoms with Crippen LogP contribution >= 0.6 is 11.8 Å². The molecule has 1 aromatic rings. The number of nitrogens with zero attached hydrogens (tertiary/aromatic N) is 1. The van der Waals surface area contributed by atoms with Crippen molar-refractivity contribution in [2.75, 3.05) is 12.0 Å². The second-order valence-corrected chi connectivity index (χ2v) is 6.87. The Morgan fingerprint density at radius 3 is 2.68 bits per heavy atom. The van der Waals surface area contributed by atoms with Gasteiger partial charge in [-0.3, -0.25) is 0 Å². The fourth-order valence-corrected chi connectivity index (χ4v) is 4.10. The summed E-state index contributed by atoms with van der Waals surface area (Å²) in [6.07, 6.45) is 2.68. The standard InChI is InChI=1S/C13H18N2O2S2/c1-4-12(9-18-3)15-19(16,17)13-7-11(8-14)6-5-10(13)2/h5-7,12,15H,4,9H2,1-3H3. The van der Waals surface area contributed by atoms with Gasteiger partial charge in [0.1, 0.15) is 0 Å². The second kappa shape index (κ2) is 6.94. The van der Waals surface area contributed by atoms with Gasteiger partial charge in [-0.25, -0.2) is 13.1 Å². The lowest BCUT2D eigenvalue weighted by Gasteiger charge is -2.17. The van der Waals surface area contributed by atoms with Crippen molar-refractivity contribution in [3.05, 3.63) is 29.3 Å². The maximum absolute atomic E-state index is 12.3. The number of aryl methyl sites for hydroxylation is 1. The first-order chi connectivity index (χ1) is 8.94. The highest BCUT2D eigenvalue weighted by Crippen LogP contribution is 2.18. The van der Waals surface area contributed by atoms with Crippen molar-refractivity contribution in [2.24, 2.45) is 0 Å². The molecule has 1 N–H and O–H groups in total. The Morgan fingerprint density at radius 2 is 2.16 bits per heavy atom. The van der Waals surface area contributed by atoms with E-state index in [1.165, 1.54) is 6.07 Å². The van der Waals surface area contributed by atoms with Gasteiger partial charge in [-0.1, -0.05) is 13.0 Å². The predicted molar refractivity (Wildman–Crippen MR) is 78.7 cm³/mol. The first-order valence-corrected chi connectivity index (χ1v) is 8.84. The van der Waals surface area contributed by atoms with E-state index in [4.69, 9.17) is 5.26 Å². The minimum atomic E-state index is -3.57. The van der Waals surface area contributed by atoms with Crippen molar-refractivity contribution in [1.29, 1.82) is 5.26 Å². The van der Waals surface area contributed by atoms with Gasteiger partial charge in [0.15, 0.2) is 0 Å². The molecule has 6 heteroatoms. The van der Waals surface area contributed by atoms with Crippen LogP contribution in [0.4, 0.5) is 0 Å². The van der Waals surface area contributed by atoms with E-state index in [2.05, 4.69) is 4.72 Å². The average molecular weight is 298 g/mol. The fourth-order valence-electron chi connectivity index (χ4n) is 1.68. The van der Waals surface area contributed by atoms with Crippen LogP contribution in [0.3, 0.4) is 0 Å². The lowest BCUT2D eigenvalue weighted by Crippen LogP contribution is -2.36. The molecule has 1 atom stereocenters. The summed E-state index contributed by atoms with van der Waals surface area (Å²) in [5.74, 6) is 0.729. The molecule has 1 aromatic carbocycles. The summed E-state index contributed by atoms with van der Waals surface area (Å²) in [6, 6.07) is 6.56. The number of nitrogens with one attached hydrogen (secondary N) is 1. The third kappa shape index (κ3) is 4.23. The maximum atomic E-state index is 12.3. The molecule has 0 bridgehead atoms. The van der Waals surface area contributed by atoms with Gasteiger partial charge in [-0.2, -0.15) is 17.0 Å². The molecule has 0 aliphatic rings. The summed E-state index contributed by atoms with van der Waals surface area (Å²) >= 11 is 1.60. The molecule has 19 heavy (non-hydrogen) atoms. The topological polar surface area (TPSA) is 70.0 Å². The van der Waals surface area contributed by atoms with E-state index >= 15 is 0 Å². The van der Waals surface area contributed by atoms with E-state index in [0.717, 1.165) is 12.2 Å². The van der Waals surface area contributed by atoms with Gasteiger partial charge >= 0.3 is 0 Å². The largest absolute Gasteiger partial charge is 0.241 e. The molecule has 0 radical (unpaired) electrons. The smallest absolute Gasteiger partial charge is 0.207 e. The molecule has 0 amide bonds.